The quantitative estimate of drug-likeness (QED) is 0.523. The first-order valence-electron chi connectivity index (χ1n) is 1.67. The van der Waals surface area contributed by atoms with Crippen LogP contribution in [0, 0.1) is 0 Å². The first kappa shape index (κ1) is 6.22. The van der Waals surface area contributed by atoms with Gasteiger partial charge in [0.15, 0.2) is 0 Å². The van der Waals surface area contributed by atoms with Crippen molar-refractivity contribution in [2.75, 3.05) is 0 Å². The Kier molecular flexibility index (Phi) is 3.54. The molecule has 0 aliphatic rings. The van der Waals surface area contributed by atoms with E-state index in [-0.39, 0.29) is 25.8 Å². The largest absolute Gasteiger partial charge is 1.00 e. The number of hydrogen-bond donors (Lipinski definition) is 0. The van der Waals surface area contributed by atoms with Crippen LogP contribution in [0.1, 0.15) is 0 Å². The van der Waals surface area contributed by atoms with E-state index in [0.29, 0.717) is 0 Å². The molecule has 0 aromatic heterocycles. The minimum Gasteiger partial charge on any atom is -0.214 e. The maximum atomic E-state index is 2.00. The van der Waals surface area contributed by atoms with Crippen LogP contribution in [0.15, 0.2) is 30.3 Å². The molecule has 0 spiro atoms. The van der Waals surface area contributed by atoms with Crippen molar-refractivity contribution in [2.24, 2.45) is 0 Å². The molecule has 1 aromatic rings. The minimum atomic E-state index is 0. The van der Waals surface area contributed by atoms with Gasteiger partial charge in [-0.05, 0) is 0 Å². The summed E-state index contributed by atoms with van der Waals surface area (Å²) < 4.78 is 0. The summed E-state index contributed by atoms with van der Waals surface area (Å²) in [7, 11) is 0. The molecule has 0 N–H and O–H groups in total. The van der Waals surface area contributed by atoms with Crippen LogP contribution in [-0.2, 0) is 0 Å². The van der Waals surface area contributed by atoms with Crippen molar-refractivity contribution in [1.82, 2.24) is 0 Å². The standard InChI is InChI=1S/C5H5.In/c1-2-4-5-3-1;/h1-5H;/q-1;+1. The Labute approximate surface area is 56.3 Å². The van der Waals surface area contributed by atoms with Gasteiger partial charge in [0, 0.05) is 0 Å². The van der Waals surface area contributed by atoms with Crippen molar-refractivity contribution < 1.29 is 0 Å². The summed E-state index contributed by atoms with van der Waals surface area (Å²) in [6, 6.07) is 10.0. The molecule has 6 heavy (non-hydrogen) atoms. The predicted octanol–water partition coefficient (Wildman–Crippen LogP) is 1.02. The summed E-state index contributed by atoms with van der Waals surface area (Å²) in [4.78, 5) is 0. The van der Waals surface area contributed by atoms with Gasteiger partial charge in [0.1, 0.15) is 0 Å². The van der Waals surface area contributed by atoms with E-state index in [9.17, 15) is 0 Å². The van der Waals surface area contributed by atoms with Gasteiger partial charge >= 0.3 is 25.8 Å². The van der Waals surface area contributed by atoms with Crippen molar-refractivity contribution in [3.63, 3.8) is 0 Å². The first-order chi connectivity index (χ1) is 2.50. The van der Waals surface area contributed by atoms with Crippen LogP contribution in [0.3, 0.4) is 0 Å². The third-order valence-electron chi connectivity index (χ3n) is 0.556. The topological polar surface area (TPSA) is 0 Å². The summed E-state index contributed by atoms with van der Waals surface area (Å²) >= 11 is 0. The molecule has 28 valence electrons. The Bertz CT molecular complexity index is 60.4. The Morgan fingerprint density at radius 3 is 1.67 bits per heavy atom. The molecule has 0 amide bonds. The second-order valence-corrected chi connectivity index (χ2v) is 0.962. The molecule has 0 aliphatic heterocycles. The average Bonchev–Trinajstić information content (AvgIpc) is 1.76. The third-order valence-corrected chi connectivity index (χ3v) is 0.556. The van der Waals surface area contributed by atoms with Gasteiger partial charge in [-0.15, -0.1) is 0 Å². The molecular weight excluding hydrogens is 175 g/mol. The molecule has 0 saturated heterocycles. The molecule has 1 heteroatoms. The summed E-state index contributed by atoms with van der Waals surface area (Å²) in [5, 5.41) is 0. The Morgan fingerprint density at radius 2 is 1.50 bits per heavy atom. The molecule has 1 aromatic carbocycles. The van der Waals surface area contributed by atoms with E-state index in [1.807, 2.05) is 30.3 Å². The zero-order chi connectivity index (χ0) is 3.54. The molecule has 0 unspecified atom stereocenters. The summed E-state index contributed by atoms with van der Waals surface area (Å²) in [6.07, 6.45) is 0. The van der Waals surface area contributed by atoms with E-state index in [1.54, 1.807) is 0 Å². The fraction of sp³-hybridized carbons (Fsp3) is 0. The maximum absolute atomic E-state index is 2.00. The normalized spacial score (nSPS) is 6.67. The number of hydrogen-bond acceptors (Lipinski definition) is 0. The molecule has 0 saturated carbocycles. The van der Waals surface area contributed by atoms with E-state index < -0.39 is 0 Å². The fourth-order valence-electron chi connectivity index (χ4n) is 0.321. The van der Waals surface area contributed by atoms with Gasteiger partial charge in [-0.1, -0.05) is 0 Å². The first-order valence-corrected chi connectivity index (χ1v) is 1.67. The van der Waals surface area contributed by atoms with Crippen LogP contribution in [-0.4, -0.2) is 25.8 Å². The van der Waals surface area contributed by atoms with E-state index in [0.717, 1.165) is 0 Å². The predicted molar refractivity (Wildman–Crippen MR) is 27.8 cm³/mol. The monoisotopic (exact) mass is 180 g/mol. The Balaban J connectivity index is 0.000000250. The third kappa shape index (κ3) is 1.61. The van der Waals surface area contributed by atoms with Gasteiger partial charge in [-0.2, -0.15) is 18.2 Å². The van der Waals surface area contributed by atoms with Crippen LogP contribution in [0.5, 0.6) is 0 Å². The van der Waals surface area contributed by atoms with Crippen LogP contribution in [0.4, 0.5) is 0 Å². The van der Waals surface area contributed by atoms with Crippen molar-refractivity contribution in [2.45, 2.75) is 0 Å². The van der Waals surface area contributed by atoms with Gasteiger partial charge in [0.25, 0.3) is 0 Å². The molecular formula is C5H5In. The molecule has 0 aliphatic carbocycles. The van der Waals surface area contributed by atoms with Crippen LogP contribution < -0.4 is 0 Å². The zero-order valence-corrected chi connectivity index (χ0v) is 6.76. The molecule has 0 bridgehead atoms. The second-order valence-electron chi connectivity index (χ2n) is 0.962. The van der Waals surface area contributed by atoms with Gasteiger partial charge in [-0.3, -0.25) is 0 Å². The van der Waals surface area contributed by atoms with Crippen LogP contribution >= 0.6 is 0 Å². The Hall–Kier alpha value is 0.220. The summed E-state index contributed by atoms with van der Waals surface area (Å²) in [5.74, 6) is 0. The van der Waals surface area contributed by atoms with Gasteiger partial charge in [-0.25, -0.2) is 12.1 Å². The van der Waals surface area contributed by atoms with Crippen LogP contribution in [0.25, 0.3) is 0 Å². The maximum Gasteiger partial charge on any atom is 1.00 e. The van der Waals surface area contributed by atoms with Crippen molar-refractivity contribution in [3.05, 3.63) is 30.3 Å². The van der Waals surface area contributed by atoms with Gasteiger partial charge < -0.3 is 0 Å². The van der Waals surface area contributed by atoms with Gasteiger partial charge in [0.2, 0.25) is 0 Å². The summed E-state index contributed by atoms with van der Waals surface area (Å²) in [6.45, 7) is 0. The van der Waals surface area contributed by atoms with Gasteiger partial charge in [0.05, 0.1) is 0 Å². The van der Waals surface area contributed by atoms with E-state index in [1.165, 1.54) is 0 Å². The number of rotatable bonds is 0. The molecule has 1 rings (SSSR count). The van der Waals surface area contributed by atoms with Crippen LogP contribution in [0.2, 0.25) is 0 Å². The van der Waals surface area contributed by atoms with Crippen molar-refractivity contribution in [3.8, 4) is 0 Å². The molecule has 0 atom stereocenters. The van der Waals surface area contributed by atoms with E-state index >= 15 is 0 Å². The molecule has 0 heterocycles. The fourth-order valence-corrected chi connectivity index (χ4v) is 0.321. The molecule has 2 radical (unpaired) electrons. The van der Waals surface area contributed by atoms with Crippen molar-refractivity contribution in [1.29, 1.82) is 0 Å². The average molecular weight is 180 g/mol. The summed E-state index contributed by atoms with van der Waals surface area (Å²) in [5.41, 5.74) is 0. The molecule has 0 nitrogen and oxygen atoms in total. The molecule has 0 fully saturated rings. The van der Waals surface area contributed by atoms with E-state index in [4.69, 9.17) is 0 Å². The van der Waals surface area contributed by atoms with Crippen molar-refractivity contribution >= 4 is 25.8 Å². The second kappa shape index (κ2) is 3.41. The zero-order valence-electron chi connectivity index (χ0n) is 3.46. The van der Waals surface area contributed by atoms with E-state index in [2.05, 4.69) is 0 Å². The minimum absolute atomic E-state index is 0. The smallest absolute Gasteiger partial charge is 0.214 e. The Morgan fingerprint density at radius 1 is 1.00 bits per heavy atom. The SMILES string of the molecule is [In+].c1cc[cH-]c1.